The molecular weight excluding hydrogens is 1000 g/mol. The van der Waals surface area contributed by atoms with Crippen molar-refractivity contribution in [2.45, 2.75) is 57.0 Å². The van der Waals surface area contributed by atoms with Gasteiger partial charge in [-0.1, -0.05) is 90.6 Å². The van der Waals surface area contributed by atoms with E-state index >= 15 is 0 Å². The van der Waals surface area contributed by atoms with E-state index < -0.39 is 35.1 Å². The van der Waals surface area contributed by atoms with E-state index in [0.717, 1.165) is 48.5 Å². The molecule has 0 saturated heterocycles. The number of carbonyl (C=O) groups is 4. The maximum atomic E-state index is 12.0. The van der Waals surface area contributed by atoms with Crippen molar-refractivity contribution in [2.24, 2.45) is 5.73 Å². The number of benzene rings is 4. The Labute approximate surface area is 413 Å². The Balaban J connectivity index is 0.000000315. The van der Waals surface area contributed by atoms with Crippen LogP contribution < -0.4 is 25.0 Å². The summed E-state index contributed by atoms with van der Waals surface area (Å²) in [5, 5.41) is 19.9. The number of para-hydroxylation sites is 3. The van der Waals surface area contributed by atoms with Crippen molar-refractivity contribution in [1.82, 2.24) is 0 Å². The standard InChI is InChI=1S/C14H9Cl2NO5.C14H20ClNO2.C11H11Cl2NO2.C5H12NO4P/c1-21-14(18)10-7-9(3-4-12(10)17(19)20)22-13-5-2-8(15)6-11(13)16;1-4-11-7-6-8-12(5-2)14(11)16(10-18-3)13(17)9-15;1-7-6-16-9-5-3-2-4-8(9)14(7)11(15)10(12)13;1-11(9,10)3-2-4(6)5(7)8/h2-7H,1H3;6-8H,4-5,9-10H2,1-3H3;2-5,7,10H,6H2,1H3;4H,2-3,6H2,1H3,(H,7,8)(H,9,10). The van der Waals surface area contributed by atoms with Gasteiger partial charge in [-0.05, 0) is 73.7 Å². The number of rotatable bonds is 15. The van der Waals surface area contributed by atoms with Gasteiger partial charge in [-0.3, -0.25) is 34.0 Å². The van der Waals surface area contributed by atoms with E-state index in [-0.39, 0.29) is 65.1 Å². The summed E-state index contributed by atoms with van der Waals surface area (Å²) in [4.78, 5) is 66.8. The normalized spacial score (nSPS) is 13.8. The van der Waals surface area contributed by atoms with Gasteiger partial charge >= 0.3 is 11.9 Å². The molecule has 4 aromatic carbocycles. The lowest BCUT2D eigenvalue weighted by molar-refractivity contribution is -0.385. The molecule has 1 aliphatic rings. The molecule has 0 saturated carbocycles. The van der Waals surface area contributed by atoms with Gasteiger partial charge in [0.1, 0.15) is 48.1 Å². The number of halogens is 5. The van der Waals surface area contributed by atoms with Crippen LogP contribution in [0.3, 0.4) is 0 Å². The number of nitro benzene ring substituents is 1. The Morgan fingerprint density at radius 2 is 1.63 bits per heavy atom. The number of amides is 2. The minimum Gasteiger partial charge on any atom is -0.489 e. The average molecular weight is 1050 g/mol. The van der Waals surface area contributed by atoms with Crippen LogP contribution >= 0.6 is 65.4 Å². The summed E-state index contributed by atoms with van der Waals surface area (Å²) in [5.41, 5.74) is 8.47. The minimum absolute atomic E-state index is 0.0371. The van der Waals surface area contributed by atoms with E-state index in [2.05, 4.69) is 18.6 Å². The highest BCUT2D eigenvalue weighted by atomic mass is 35.5. The molecule has 1 aliphatic heterocycles. The highest BCUT2D eigenvalue weighted by molar-refractivity contribution is 7.57. The van der Waals surface area contributed by atoms with Crippen LogP contribution in [0.4, 0.5) is 17.1 Å². The number of fused-ring (bicyclic) bond motifs is 1. The second-order valence-corrected chi connectivity index (χ2v) is 19.0. The van der Waals surface area contributed by atoms with Crippen LogP contribution in [0.2, 0.25) is 10.0 Å². The number of nitrogens with zero attached hydrogens (tertiary/aromatic N) is 3. The number of aliphatic carboxylic acids is 1. The van der Waals surface area contributed by atoms with Crippen LogP contribution in [0.25, 0.3) is 0 Å². The number of aryl methyl sites for hydroxylation is 2. The lowest BCUT2D eigenvalue weighted by Crippen LogP contribution is -2.47. The largest absolute Gasteiger partial charge is 0.489 e. The third kappa shape index (κ3) is 18.4. The summed E-state index contributed by atoms with van der Waals surface area (Å²) >= 11 is 28.7. The van der Waals surface area contributed by atoms with Crippen molar-refractivity contribution in [2.75, 3.05) is 56.1 Å². The van der Waals surface area contributed by atoms with E-state index in [9.17, 15) is 33.9 Å². The molecule has 366 valence electrons. The molecule has 23 heteroatoms. The number of ether oxygens (including phenoxy) is 4. The predicted octanol–water partition coefficient (Wildman–Crippen LogP) is 9.76. The van der Waals surface area contributed by atoms with Gasteiger partial charge in [-0.15, -0.1) is 11.6 Å². The monoisotopic (exact) mass is 1050 g/mol. The van der Waals surface area contributed by atoms with Gasteiger partial charge in [-0.2, -0.15) is 0 Å². The fraction of sp³-hybridized carbons (Fsp3) is 0.364. The summed E-state index contributed by atoms with van der Waals surface area (Å²) in [6, 6.07) is 20.7. The number of carboxylic acids is 1. The third-order valence-electron chi connectivity index (χ3n) is 9.24. The summed E-state index contributed by atoms with van der Waals surface area (Å²) in [7, 11) is -0.390. The number of carboxylic acid groups (broad SMARTS) is 1. The van der Waals surface area contributed by atoms with Crippen molar-refractivity contribution >= 4 is 106 Å². The number of hydrogen-bond acceptors (Lipinski definition) is 12. The highest BCUT2D eigenvalue weighted by Crippen LogP contribution is 2.37. The first kappa shape index (κ1) is 58.4. The van der Waals surface area contributed by atoms with Crippen LogP contribution in [-0.2, 0) is 41.3 Å². The van der Waals surface area contributed by atoms with E-state index in [0.29, 0.717) is 23.1 Å². The summed E-state index contributed by atoms with van der Waals surface area (Å²) in [6.45, 7) is 7.91. The van der Waals surface area contributed by atoms with E-state index in [4.69, 9.17) is 87.9 Å². The molecule has 0 radical (unpaired) electrons. The van der Waals surface area contributed by atoms with Crippen LogP contribution in [0.5, 0.6) is 17.2 Å². The van der Waals surface area contributed by atoms with Gasteiger partial charge in [0.25, 0.3) is 11.6 Å². The molecular formula is C44H52Cl5N4O13P. The third-order valence-corrected chi connectivity index (χ3v) is 11.5. The first-order valence-corrected chi connectivity index (χ1v) is 24.6. The van der Waals surface area contributed by atoms with Crippen molar-refractivity contribution < 1.29 is 57.6 Å². The number of hydrogen-bond donors (Lipinski definition) is 3. The van der Waals surface area contributed by atoms with E-state index in [1.807, 2.05) is 49.4 Å². The van der Waals surface area contributed by atoms with Crippen LogP contribution in [0.15, 0.2) is 78.9 Å². The smallest absolute Gasteiger partial charge is 0.345 e. The first-order valence-electron chi connectivity index (χ1n) is 20.1. The van der Waals surface area contributed by atoms with Crippen LogP contribution in [0.1, 0.15) is 48.7 Å². The Kier molecular flexibility index (Phi) is 25.0. The SMILES string of the molecule is CC1COc2ccccc2N1C(=O)C(Cl)Cl.CCc1cccc(CC)c1N(COC)C(=O)CCl.COC(=O)c1cc(Oc2ccc(Cl)cc2Cl)ccc1[N+](=O)[O-].CP(=O)(O)CCC(N)C(=O)O. The Hall–Kier alpha value is -4.68. The second-order valence-electron chi connectivity index (χ2n) is 14.3. The number of nitro groups is 1. The first-order chi connectivity index (χ1) is 31.5. The highest BCUT2D eigenvalue weighted by Gasteiger charge is 2.32. The van der Waals surface area contributed by atoms with Crippen molar-refractivity contribution in [3.63, 3.8) is 0 Å². The fourth-order valence-electron chi connectivity index (χ4n) is 5.96. The molecule has 4 aromatic rings. The lowest BCUT2D eigenvalue weighted by Gasteiger charge is -2.35. The average Bonchev–Trinajstić information content (AvgIpc) is 3.30. The lowest BCUT2D eigenvalue weighted by atomic mass is 10.0. The topological polar surface area (TPSA) is 238 Å². The van der Waals surface area contributed by atoms with E-state index in [1.54, 1.807) is 29.0 Å². The Bertz CT molecular complexity index is 2350. The van der Waals surface area contributed by atoms with Gasteiger partial charge in [0.15, 0.2) is 12.2 Å². The number of alkyl halides is 3. The maximum absolute atomic E-state index is 12.0. The van der Waals surface area contributed by atoms with Gasteiger partial charge in [-0.25, -0.2) is 4.79 Å². The molecule has 0 aromatic heterocycles. The number of carbonyl (C=O) groups excluding carboxylic acids is 3. The molecule has 17 nitrogen and oxygen atoms in total. The van der Waals surface area contributed by atoms with Crippen LogP contribution in [0, 0.1) is 10.1 Å². The number of nitrogens with two attached hydrogens (primary N) is 1. The Morgan fingerprint density at radius 3 is 2.13 bits per heavy atom. The zero-order valence-electron chi connectivity index (χ0n) is 37.3. The quantitative estimate of drug-likeness (QED) is 0.0251. The molecule has 4 N–H and O–H groups in total. The van der Waals surface area contributed by atoms with Crippen molar-refractivity contribution in [3.8, 4) is 17.2 Å². The zero-order chi connectivity index (χ0) is 50.6. The molecule has 2 amide bonds. The molecule has 3 unspecified atom stereocenters. The second kappa shape index (κ2) is 28.6. The Morgan fingerprint density at radius 1 is 1.00 bits per heavy atom. The van der Waals surface area contributed by atoms with Gasteiger partial charge in [0.2, 0.25) is 5.91 Å². The summed E-state index contributed by atoms with van der Waals surface area (Å²) in [6.07, 6.45) is 1.75. The van der Waals surface area contributed by atoms with Gasteiger partial charge in [0, 0.05) is 37.1 Å². The minimum atomic E-state index is -3.10. The molecule has 0 spiro atoms. The molecule has 1 heterocycles. The molecule has 0 fully saturated rings. The van der Waals surface area contributed by atoms with Crippen LogP contribution in [-0.4, -0.2) is 102 Å². The summed E-state index contributed by atoms with van der Waals surface area (Å²) in [5.74, 6) is -1.27. The fourth-order valence-corrected chi connectivity index (χ4v) is 7.52. The van der Waals surface area contributed by atoms with Crippen molar-refractivity contribution in [3.05, 3.63) is 116 Å². The number of anilines is 2. The molecule has 67 heavy (non-hydrogen) atoms. The maximum Gasteiger partial charge on any atom is 0.345 e. The molecule has 5 rings (SSSR count). The van der Waals surface area contributed by atoms with E-state index in [1.165, 1.54) is 24.9 Å². The number of esters is 1. The molecule has 0 bridgehead atoms. The predicted molar refractivity (Wildman–Crippen MR) is 261 cm³/mol. The zero-order valence-corrected chi connectivity index (χ0v) is 42.0. The molecule has 3 atom stereocenters. The van der Waals surface area contributed by atoms with Gasteiger partial charge in [0.05, 0.1) is 34.5 Å². The van der Waals surface area contributed by atoms with Gasteiger partial charge < -0.3 is 39.6 Å². The van der Waals surface area contributed by atoms with Crippen molar-refractivity contribution in [1.29, 1.82) is 0 Å². The molecule has 0 aliphatic carbocycles. The summed E-state index contributed by atoms with van der Waals surface area (Å²) < 4.78 is 31.3. The number of methoxy groups -OCH3 is 2.